The number of guanidine groups is 1. The van der Waals surface area contributed by atoms with Crippen molar-refractivity contribution < 1.29 is 0 Å². The molecule has 0 radical (unpaired) electrons. The van der Waals surface area contributed by atoms with E-state index in [9.17, 15) is 0 Å². The number of likely N-dealkylation sites (N-methyl/N-ethyl adjacent to an activating group) is 1. The van der Waals surface area contributed by atoms with Gasteiger partial charge in [0.1, 0.15) is 0 Å². The van der Waals surface area contributed by atoms with Crippen molar-refractivity contribution in [2.24, 2.45) is 4.99 Å². The van der Waals surface area contributed by atoms with Crippen molar-refractivity contribution in [2.75, 3.05) is 65.4 Å². The van der Waals surface area contributed by atoms with E-state index >= 15 is 0 Å². The maximum absolute atomic E-state index is 4.90. The summed E-state index contributed by atoms with van der Waals surface area (Å²) >= 11 is 0. The predicted molar refractivity (Wildman–Crippen MR) is 112 cm³/mol. The summed E-state index contributed by atoms with van der Waals surface area (Å²) in [7, 11) is 0. The Kier molecular flexibility index (Phi) is 9.72. The molecule has 0 bridgehead atoms. The number of nitrogens with zero attached hydrogens (tertiary/aromatic N) is 4. The fraction of sp³-hybridized carbons (Fsp3) is 0.950. The van der Waals surface area contributed by atoms with Crippen LogP contribution in [0.4, 0.5) is 0 Å². The Morgan fingerprint density at radius 1 is 1.00 bits per heavy atom. The van der Waals surface area contributed by atoms with E-state index in [-0.39, 0.29) is 0 Å². The summed E-state index contributed by atoms with van der Waals surface area (Å²) in [4.78, 5) is 12.6. The average Bonchev–Trinajstić information content (AvgIpc) is 2.68. The van der Waals surface area contributed by atoms with Crippen molar-refractivity contribution in [3.63, 3.8) is 0 Å². The minimum absolute atomic E-state index is 0.510. The van der Waals surface area contributed by atoms with Gasteiger partial charge in [0, 0.05) is 57.9 Å². The van der Waals surface area contributed by atoms with Gasteiger partial charge in [-0.2, -0.15) is 0 Å². The summed E-state index contributed by atoms with van der Waals surface area (Å²) in [5.74, 6) is 1.00. The standard InChI is InChI=1S/C20H42N6/c1-5-10-25-11-8-19(9-12-25)23-20(21-6-2)22-17-18(4)26-15-13-24(7-3)14-16-26/h18-19H,5-17H2,1-4H3,(H2,21,22,23). The highest BCUT2D eigenvalue weighted by Gasteiger charge is 2.21. The van der Waals surface area contributed by atoms with Crippen molar-refractivity contribution in [1.29, 1.82) is 0 Å². The topological polar surface area (TPSA) is 46.1 Å². The van der Waals surface area contributed by atoms with Gasteiger partial charge in [-0.3, -0.25) is 9.89 Å². The van der Waals surface area contributed by atoms with Gasteiger partial charge < -0.3 is 20.4 Å². The monoisotopic (exact) mass is 366 g/mol. The van der Waals surface area contributed by atoms with Crippen LogP contribution in [0.1, 0.15) is 47.0 Å². The zero-order chi connectivity index (χ0) is 18.8. The highest BCUT2D eigenvalue weighted by atomic mass is 15.3. The summed E-state index contributed by atoms with van der Waals surface area (Å²) in [6, 6.07) is 1.07. The first-order valence-corrected chi connectivity index (χ1v) is 10.9. The number of hydrogen-bond acceptors (Lipinski definition) is 4. The summed E-state index contributed by atoms with van der Waals surface area (Å²) in [6.45, 7) is 20.3. The molecule has 0 aromatic rings. The number of nitrogens with one attached hydrogen (secondary N) is 2. The fourth-order valence-corrected chi connectivity index (χ4v) is 3.99. The molecule has 0 amide bonds. The van der Waals surface area contributed by atoms with Crippen LogP contribution in [0.2, 0.25) is 0 Å². The van der Waals surface area contributed by atoms with Crippen molar-refractivity contribution >= 4 is 5.96 Å². The van der Waals surface area contributed by atoms with E-state index in [1.165, 1.54) is 71.6 Å². The molecule has 0 aliphatic carbocycles. The molecule has 2 aliphatic heterocycles. The molecule has 26 heavy (non-hydrogen) atoms. The predicted octanol–water partition coefficient (Wildman–Crippen LogP) is 1.44. The quantitative estimate of drug-likeness (QED) is 0.503. The second-order valence-electron chi connectivity index (χ2n) is 7.80. The summed E-state index contributed by atoms with van der Waals surface area (Å²) in [5, 5.41) is 7.12. The van der Waals surface area contributed by atoms with E-state index in [0.29, 0.717) is 12.1 Å². The minimum atomic E-state index is 0.510. The largest absolute Gasteiger partial charge is 0.357 e. The summed E-state index contributed by atoms with van der Waals surface area (Å²) < 4.78 is 0. The molecule has 0 saturated carbocycles. The van der Waals surface area contributed by atoms with E-state index in [4.69, 9.17) is 4.99 Å². The van der Waals surface area contributed by atoms with Crippen LogP contribution in [0.3, 0.4) is 0 Å². The van der Waals surface area contributed by atoms with E-state index in [1.54, 1.807) is 0 Å². The van der Waals surface area contributed by atoms with Crippen LogP contribution in [0, 0.1) is 0 Å². The normalized spacial score (nSPS) is 23.2. The molecular weight excluding hydrogens is 324 g/mol. The van der Waals surface area contributed by atoms with Crippen molar-refractivity contribution in [1.82, 2.24) is 25.3 Å². The molecule has 2 aliphatic rings. The van der Waals surface area contributed by atoms with E-state index in [0.717, 1.165) is 19.0 Å². The maximum Gasteiger partial charge on any atom is 0.191 e. The van der Waals surface area contributed by atoms with E-state index in [1.807, 2.05) is 0 Å². The van der Waals surface area contributed by atoms with Crippen LogP contribution in [0.25, 0.3) is 0 Å². The fourth-order valence-electron chi connectivity index (χ4n) is 3.99. The van der Waals surface area contributed by atoms with Crippen LogP contribution in [-0.4, -0.2) is 98.2 Å². The number of rotatable bonds is 8. The zero-order valence-electron chi connectivity index (χ0n) is 17.6. The van der Waals surface area contributed by atoms with E-state index < -0.39 is 0 Å². The maximum atomic E-state index is 4.90. The second kappa shape index (κ2) is 11.8. The lowest BCUT2D eigenvalue weighted by atomic mass is 10.1. The van der Waals surface area contributed by atoms with Gasteiger partial charge in [-0.15, -0.1) is 0 Å². The first-order chi connectivity index (χ1) is 12.7. The Balaban J connectivity index is 1.77. The lowest BCUT2D eigenvalue weighted by molar-refractivity contribution is 0.109. The summed E-state index contributed by atoms with van der Waals surface area (Å²) in [6.07, 6.45) is 3.70. The molecule has 6 heteroatoms. The molecule has 1 unspecified atom stereocenters. The zero-order valence-corrected chi connectivity index (χ0v) is 17.6. The number of piperazine rings is 1. The first kappa shape index (κ1) is 21.5. The highest BCUT2D eigenvalue weighted by Crippen LogP contribution is 2.11. The highest BCUT2D eigenvalue weighted by molar-refractivity contribution is 5.80. The van der Waals surface area contributed by atoms with Gasteiger partial charge in [0.15, 0.2) is 5.96 Å². The molecule has 0 spiro atoms. The van der Waals surface area contributed by atoms with Gasteiger partial charge in [-0.05, 0) is 46.2 Å². The Morgan fingerprint density at radius 2 is 1.69 bits per heavy atom. The van der Waals surface area contributed by atoms with Gasteiger partial charge in [-0.1, -0.05) is 13.8 Å². The molecule has 152 valence electrons. The number of hydrogen-bond donors (Lipinski definition) is 2. The number of piperidine rings is 1. The Morgan fingerprint density at radius 3 is 2.27 bits per heavy atom. The molecule has 1 atom stereocenters. The lowest BCUT2D eigenvalue weighted by Gasteiger charge is -2.37. The van der Waals surface area contributed by atoms with Crippen LogP contribution in [0.5, 0.6) is 0 Å². The second-order valence-corrected chi connectivity index (χ2v) is 7.80. The molecule has 2 rings (SSSR count). The van der Waals surface area contributed by atoms with Crippen molar-refractivity contribution in [3.05, 3.63) is 0 Å². The molecule has 2 N–H and O–H groups in total. The first-order valence-electron chi connectivity index (χ1n) is 10.9. The Bertz CT molecular complexity index is 397. The third-order valence-electron chi connectivity index (χ3n) is 5.80. The third-order valence-corrected chi connectivity index (χ3v) is 5.80. The Hall–Kier alpha value is -0.850. The van der Waals surface area contributed by atoms with Gasteiger partial charge in [0.05, 0.1) is 6.54 Å². The van der Waals surface area contributed by atoms with Crippen LogP contribution >= 0.6 is 0 Å². The molecular formula is C20H42N6. The van der Waals surface area contributed by atoms with Crippen LogP contribution < -0.4 is 10.6 Å². The van der Waals surface area contributed by atoms with E-state index in [2.05, 4.69) is 53.0 Å². The molecule has 6 nitrogen and oxygen atoms in total. The molecule has 2 fully saturated rings. The molecule has 2 saturated heterocycles. The smallest absolute Gasteiger partial charge is 0.191 e. The van der Waals surface area contributed by atoms with Crippen molar-refractivity contribution in [2.45, 2.75) is 59.0 Å². The molecule has 0 aromatic heterocycles. The van der Waals surface area contributed by atoms with Crippen LogP contribution in [-0.2, 0) is 0 Å². The summed E-state index contributed by atoms with van der Waals surface area (Å²) in [5.41, 5.74) is 0. The van der Waals surface area contributed by atoms with Crippen LogP contribution in [0.15, 0.2) is 4.99 Å². The minimum Gasteiger partial charge on any atom is -0.357 e. The lowest BCUT2D eigenvalue weighted by Crippen LogP contribution is -2.51. The van der Waals surface area contributed by atoms with Gasteiger partial charge in [0.2, 0.25) is 0 Å². The molecule has 2 heterocycles. The van der Waals surface area contributed by atoms with Gasteiger partial charge in [0.25, 0.3) is 0 Å². The van der Waals surface area contributed by atoms with Gasteiger partial charge in [-0.25, -0.2) is 0 Å². The molecule has 0 aromatic carbocycles. The Labute approximate surface area is 161 Å². The SMILES string of the molecule is CCCN1CCC(NC(=NCC(C)N2CCN(CC)CC2)NCC)CC1. The van der Waals surface area contributed by atoms with Gasteiger partial charge >= 0.3 is 0 Å². The average molecular weight is 367 g/mol. The third kappa shape index (κ3) is 7.05. The number of likely N-dealkylation sites (tertiary alicyclic amines) is 1. The number of aliphatic imine (C=N–C) groups is 1. The van der Waals surface area contributed by atoms with Crippen molar-refractivity contribution in [3.8, 4) is 0 Å².